The van der Waals surface area contributed by atoms with E-state index in [1.54, 1.807) is 0 Å². The van der Waals surface area contributed by atoms with Crippen LogP contribution in [0.15, 0.2) is 60.9 Å². The van der Waals surface area contributed by atoms with E-state index >= 15 is 0 Å². The predicted molar refractivity (Wildman–Crippen MR) is 154 cm³/mol. The van der Waals surface area contributed by atoms with E-state index in [9.17, 15) is 4.39 Å². The van der Waals surface area contributed by atoms with Crippen molar-refractivity contribution in [1.82, 2.24) is 9.97 Å². The van der Waals surface area contributed by atoms with Crippen LogP contribution in [0.3, 0.4) is 0 Å². The molecule has 0 N–H and O–H groups in total. The summed E-state index contributed by atoms with van der Waals surface area (Å²) in [4.78, 5) is 9.16. The maximum absolute atomic E-state index is 14.1. The van der Waals surface area contributed by atoms with E-state index in [0.29, 0.717) is 18.0 Å². The van der Waals surface area contributed by atoms with E-state index in [0.717, 1.165) is 36.0 Å². The van der Waals surface area contributed by atoms with Gasteiger partial charge in [0, 0.05) is 23.5 Å². The molecule has 1 aromatic heterocycles. The molecule has 0 saturated carbocycles. The molecule has 1 atom stereocenters. The topological polar surface area (TPSA) is 35.0 Å². The Hall–Kier alpha value is -2.75. The maximum Gasteiger partial charge on any atom is 0.159 e. The van der Waals surface area contributed by atoms with Gasteiger partial charge < -0.3 is 4.74 Å². The highest BCUT2D eigenvalue weighted by atomic mass is 19.1. The van der Waals surface area contributed by atoms with E-state index in [2.05, 4.69) is 48.1 Å². The third-order valence-corrected chi connectivity index (χ3v) is 6.92. The van der Waals surface area contributed by atoms with Gasteiger partial charge in [0.1, 0.15) is 18.5 Å². The fraction of sp³-hybridized carbons (Fsp3) is 0.515. The summed E-state index contributed by atoms with van der Waals surface area (Å²) < 4.78 is 19.8. The molecule has 1 heterocycles. The molecule has 0 aliphatic heterocycles. The van der Waals surface area contributed by atoms with Crippen molar-refractivity contribution in [1.29, 1.82) is 0 Å². The van der Waals surface area contributed by atoms with Gasteiger partial charge in [-0.15, -0.1) is 0 Å². The predicted octanol–water partition coefficient (Wildman–Crippen LogP) is 9.79. The highest BCUT2D eigenvalue weighted by molar-refractivity contribution is 5.64. The standard InChI is InChI=1S/C33H45FN2O/c1-3-5-7-9-11-12-14-27-16-18-28(19-17-27)30-24-35-33(36-25-30)29-20-22-32(23-21-29)37-26-31(34)15-13-10-8-6-4-2/h16-25,31H,3-15,26H2,1-2H3. The largest absolute Gasteiger partial charge is 0.491 e. The van der Waals surface area contributed by atoms with Crippen molar-refractivity contribution in [3.8, 4) is 28.3 Å². The van der Waals surface area contributed by atoms with E-state index < -0.39 is 6.17 Å². The number of benzene rings is 2. The van der Waals surface area contributed by atoms with Crippen molar-refractivity contribution < 1.29 is 9.13 Å². The van der Waals surface area contributed by atoms with Gasteiger partial charge in [0.2, 0.25) is 0 Å². The van der Waals surface area contributed by atoms with Crippen molar-refractivity contribution in [2.75, 3.05) is 6.61 Å². The monoisotopic (exact) mass is 504 g/mol. The summed E-state index contributed by atoms with van der Waals surface area (Å²) in [5, 5.41) is 0. The van der Waals surface area contributed by atoms with E-state index in [4.69, 9.17) is 4.74 Å². The smallest absolute Gasteiger partial charge is 0.159 e. The number of rotatable bonds is 18. The van der Waals surface area contributed by atoms with Gasteiger partial charge in [0.05, 0.1) is 0 Å². The van der Waals surface area contributed by atoms with Gasteiger partial charge in [0.25, 0.3) is 0 Å². The van der Waals surface area contributed by atoms with Gasteiger partial charge in [-0.2, -0.15) is 0 Å². The lowest BCUT2D eigenvalue weighted by Gasteiger charge is -2.11. The van der Waals surface area contributed by atoms with Crippen LogP contribution in [-0.2, 0) is 6.42 Å². The molecule has 0 aliphatic rings. The third kappa shape index (κ3) is 10.6. The molecule has 1 unspecified atom stereocenters. The first-order valence-electron chi connectivity index (χ1n) is 14.5. The van der Waals surface area contributed by atoms with Crippen molar-refractivity contribution in [2.45, 2.75) is 103 Å². The first-order chi connectivity index (χ1) is 18.2. The van der Waals surface area contributed by atoms with Gasteiger partial charge in [-0.1, -0.05) is 102 Å². The highest BCUT2D eigenvalue weighted by Gasteiger charge is 2.09. The minimum atomic E-state index is -0.915. The number of halogens is 1. The number of aromatic nitrogens is 2. The molecular formula is C33H45FN2O. The number of ether oxygens (including phenoxy) is 1. The third-order valence-electron chi connectivity index (χ3n) is 6.92. The molecule has 3 rings (SSSR count). The molecule has 3 nitrogen and oxygen atoms in total. The summed E-state index contributed by atoms with van der Waals surface area (Å²) in [6.07, 6.45) is 18.2. The fourth-order valence-electron chi connectivity index (χ4n) is 4.54. The van der Waals surface area contributed by atoms with E-state index in [1.807, 2.05) is 36.7 Å². The Morgan fingerprint density at radius 1 is 0.649 bits per heavy atom. The summed E-state index contributed by atoms with van der Waals surface area (Å²) in [7, 11) is 0. The van der Waals surface area contributed by atoms with Crippen LogP contribution in [0, 0.1) is 0 Å². The summed E-state index contributed by atoms with van der Waals surface area (Å²) in [6.45, 7) is 4.56. The highest BCUT2D eigenvalue weighted by Crippen LogP contribution is 2.23. The van der Waals surface area contributed by atoms with Crippen LogP contribution in [-0.4, -0.2) is 22.7 Å². The maximum atomic E-state index is 14.1. The minimum absolute atomic E-state index is 0.107. The van der Waals surface area contributed by atoms with Gasteiger partial charge in [-0.05, 0) is 54.7 Å². The number of nitrogens with zero attached hydrogens (tertiary/aromatic N) is 2. The Morgan fingerprint density at radius 3 is 1.86 bits per heavy atom. The molecule has 2 aromatic carbocycles. The number of hydrogen-bond acceptors (Lipinski definition) is 3. The fourth-order valence-corrected chi connectivity index (χ4v) is 4.54. The average molecular weight is 505 g/mol. The quantitative estimate of drug-likeness (QED) is 0.162. The van der Waals surface area contributed by atoms with E-state index in [1.165, 1.54) is 63.4 Å². The van der Waals surface area contributed by atoms with Crippen molar-refractivity contribution >= 4 is 0 Å². The molecule has 37 heavy (non-hydrogen) atoms. The lowest BCUT2D eigenvalue weighted by Crippen LogP contribution is -2.12. The second-order valence-corrected chi connectivity index (χ2v) is 10.1. The molecule has 0 amide bonds. The zero-order chi connectivity index (χ0) is 26.1. The van der Waals surface area contributed by atoms with Crippen molar-refractivity contribution in [2.24, 2.45) is 0 Å². The van der Waals surface area contributed by atoms with E-state index in [-0.39, 0.29) is 6.61 Å². The molecular weight excluding hydrogens is 459 g/mol. The lowest BCUT2D eigenvalue weighted by molar-refractivity contribution is 0.184. The van der Waals surface area contributed by atoms with Crippen LogP contribution in [0.1, 0.15) is 96.5 Å². The molecule has 3 aromatic rings. The van der Waals surface area contributed by atoms with Crippen LogP contribution in [0.4, 0.5) is 4.39 Å². The molecule has 0 saturated heterocycles. The second kappa shape index (κ2) is 16.9. The second-order valence-electron chi connectivity index (χ2n) is 10.1. The van der Waals surface area contributed by atoms with Gasteiger partial charge in [-0.25, -0.2) is 14.4 Å². The van der Waals surface area contributed by atoms with Crippen LogP contribution in [0.2, 0.25) is 0 Å². The van der Waals surface area contributed by atoms with Crippen LogP contribution < -0.4 is 4.74 Å². The van der Waals surface area contributed by atoms with Gasteiger partial charge >= 0.3 is 0 Å². The van der Waals surface area contributed by atoms with Crippen LogP contribution in [0.25, 0.3) is 22.5 Å². The van der Waals surface area contributed by atoms with Gasteiger partial charge in [-0.3, -0.25) is 0 Å². The zero-order valence-corrected chi connectivity index (χ0v) is 22.9. The lowest BCUT2D eigenvalue weighted by atomic mass is 10.0. The number of hydrogen-bond donors (Lipinski definition) is 0. The summed E-state index contributed by atoms with van der Waals surface area (Å²) >= 11 is 0. The Balaban J connectivity index is 1.43. The van der Waals surface area contributed by atoms with Crippen LogP contribution >= 0.6 is 0 Å². The molecule has 0 fully saturated rings. The van der Waals surface area contributed by atoms with Crippen LogP contribution in [0.5, 0.6) is 5.75 Å². The Morgan fingerprint density at radius 2 is 1.22 bits per heavy atom. The normalized spacial score (nSPS) is 12.0. The summed E-state index contributed by atoms with van der Waals surface area (Å²) in [6, 6.07) is 16.4. The molecule has 200 valence electrons. The summed E-state index contributed by atoms with van der Waals surface area (Å²) in [5.74, 6) is 1.35. The summed E-state index contributed by atoms with van der Waals surface area (Å²) in [5.41, 5.74) is 4.46. The number of aryl methyl sites for hydroxylation is 1. The molecule has 0 radical (unpaired) electrons. The van der Waals surface area contributed by atoms with Crippen molar-refractivity contribution in [3.63, 3.8) is 0 Å². The molecule has 0 aliphatic carbocycles. The number of unbranched alkanes of at least 4 members (excludes halogenated alkanes) is 9. The SMILES string of the molecule is CCCCCCCCc1ccc(-c2cnc(-c3ccc(OCC(F)CCCCCCC)cc3)nc2)cc1. The molecule has 0 spiro atoms. The van der Waals surface area contributed by atoms with Gasteiger partial charge in [0.15, 0.2) is 5.82 Å². The number of alkyl halides is 1. The Bertz CT molecular complexity index is 986. The molecule has 4 heteroatoms. The Labute approximate surface area is 223 Å². The average Bonchev–Trinajstić information content (AvgIpc) is 2.94. The first kappa shape index (κ1) is 28.8. The Kier molecular flexibility index (Phi) is 13.2. The zero-order valence-electron chi connectivity index (χ0n) is 22.9. The van der Waals surface area contributed by atoms with Crippen molar-refractivity contribution in [3.05, 3.63) is 66.5 Å². The first-order valence-corrected chi connectivity index (χ1v) is 14.5. The molecule has 0 bridgehead atoms. The minimum Gasteiger partial charge on any atom is -0.491 e.